The Labute approximate surface area is 184 Å². The van der Waals surface area contributed by atoms with Gasteiger partial charge in [0.15, 0.2) is 0 Å². The van der Waals surface area contributed by atoms with E-state index in [1.807, 2.05) is 31.2 Å². The monoisotopic (exact) mass is 443 g/mol. The first-order valence-corrected chi connectivity index (χ1v) is 11.0. The molecule has 1 aromatic heterocycles. The van der Waals surface area contributed by atoms with Gasteiger partial charge in [-0.3, -0.25) is 9.36 Å². The van der Waals surface area contributed by atoms with E-state index in [2.05, 4.69) is 22.2 Å². The van der Waals surface area contributed by atoms with Gasteiger partial charge in [0.2, 0.25) is 0 Å². The van der Waals surface area contributed by atoms with E-state index in [1.165, 1.54) is 16.2 Å². The largest absolute Gasteiger partial charge is 0.337 e. The van der Waals surface area contributed by atoms with Crippen LogP contribution in [0.3, 0.4) is 0 Å². The van der Waals surface area contributed by atoms with E-state index in [0.29, 0.717) is 28.2 Å². The van der Waals surface area contributed by atoms with Crippen molar-refractivity contribution >= 4 is 40.7 Å². The molecule has 0 radical (unpaired) electrons. The predicted octanol–water partition coefficient (Wildman–Crippen LogP) is 6.15. The summed E-state index contributed by atoms with van der Waals surface area (Å²) in [6.45, 7) is 3.62. The normalized spacial score (nSPS) is 17.6. The molecule has 3 aromatic rings. The number of pyridine rings is 1. The molecule has 156 valence electrons. The molecular formula is C23H23ClFN3OS. The lowest BCUT2D eigenvalue weighted by molar-refractivity contribution is 0.630. The average Bonchev–Trinajstić information content (AvgIpc) is 3.49. The fraction of sp³-hybridized carbons (Fsp3) is 0.261. The first kappa shape index (κ1) is 20.8. The van der Waals surface area contributed by atoms with Gasteiger partial charge in [-0.1, -0.05) is 29.8 Å². The third-order valence-corrected chi connectivity index (χ3v) is 6.73. The number of nitrogens with one attached hydrogen (secondary N) is 2. The SMILES string of the molecule is Cc1ccc(Nc2c(NSC3CC3c3ccc(Cl)cc3)cc(C)c(=O)n2C)c(F)c1. The smallest absolute Gasteiger partial charge is 0.254 e. The Kier molecular flexibility index (Phi) is 5.80. The summed E-state index contributed by atoms with van der Waals surface area (Å²) in [4.78, 5) is 12.5. The number of aryl methyl sites for hydroxylation is 2. The van der Waals surface area contributed by atoms with Gasteiger partial charge in [0.05, 0.1) is 11.4 Å². The highest BCUT2D eigenvalue weighted by Gasteiger charge is 2.39. The lowest BCUT2D eigenvalue weighted by Crippen LogP contribution is -2.22. The zero-order valence-corrected chi connectivity index (χ0v) is 18.6. The molecule has 1 saturated carbocycles. The molecule has 1 heterocycles. The molecule has 1 fully saturated rings. The number of rotatable bonds is 6. The zero-order valence-electron chi connectivity index (χ0n) is 17.0. The van der Waals surface area contributed by atoms with Crippen LogP contribution in [0.4, 0.5) is 21.6 Å². The van der Waals surface area contributed by atoms with Crippen LogP contribution in [0.1, 0.15) is 29.0 Å². The molecule has 30 heavy (non-hydrogen) atoms. The fourth-order valence-corrected chi connectivity index (χ4v) is 4.66. The molecular weight excluding hydrogens is 421 g/mol. The molecule has 2 N–H and O–H groups in total. The molecule has 4 rings (SSSR count). The van der Waals surface area contributed by atoms with Crippen molar-refractivity contribution in [3.63, 3.8) is 0 Å². The summed E-state index contributed by atoms with van der Waals surface area (Å²) < 4.78 is 19.3. The second-order valence-electron chi connectivity index (χ2n) is 7.71. The topological polar surface area (TPSA) is 46.1 Å². The standard InChI is InChI=1S/C23H23ClFN3OS/c1-13-4-9-19(18(25)10-13)26-22-20(11-14(2)23(29)28(22)3)27-30-21-12-17(21)15-5-7-16(24)8-6-15/h4-11,17,21,26-27H,12H2,1-3H3. The summed E-state index contributed by atoms with van der Waals surface area (Å²) >= 11 is 7.61. The van der Waals surface area contributed by atoms with Crippen LogP contribution >= 0.6 is 23.5 Å². The number of aromatic nitrogens is 1. The third-order valence-electron chi connectivity index (χ3n) is 5.32. The van der Waals surface area contributed by atoms with Crippen molar-refractivity contribution in [1.82, 2.24) is 4.57 Å². The fourth-order valence-electron chi connectivity index (χ4n) is 3.47. The van der Waals surface area contributed by atoms with Crippen LogP contribution in [0.25, 0.3) is 0 Å². The van der Waals surface area contributed by atoms with Gasteiger partial charge in [0, 0.05) is 22.9 Å². The molecule has 0 saturated heterocycles. The molecule has 0 spiro atoms. The van der Waals surface area contributed by atoms with Gasteiger partial charge in [-0.25, -0.2) is 4.39 Å². The number of benzene rings is 2. The molecule has 7 heteroatoms. The van der Waals surface area contributed by atoms with Gasteiger partial charge in [-0.2, -0.15) is 0 Å². The highest BCUT2D eigenvalue weighted by atomic mass is 35.5. The lowest BCUT2D eigenvalue weighted by Gasteiger charge is -2.18. The summed E-state index contributed by atoms with van der Waals surface area (Å²) in [6, 6.07) is 14.8. The summed E-state index contributed by atoms with van der Waals surface area (Å²) in [6.07, 6.45) is 1.07. The number of halogens is 2. The molecule has 0 aliphatic heterocycles. The minimum absolute atomic E-state index is 0.119. The van der Waals surface area contributed by atoms with Gasteiger partial charge < -0.3 is 10.0 Å². The number of hydrogen-bond donors (Lipinski definition) is 2. The second-order valence-corrected chi connectivity index (χ2v) is 9.20. The van der Waals surface area contributed by atoms with Crippen molar-refractivity contribution < 1.29 is 4.39 Å². The number of nitrogens with zero attached hydrogens (tertiary/aromatic N) is 1. The molecule has 2 atom stereocenters. The first-order chi connectivity index (χ1) is 14.3. The predicted molar refractivity (Wildman–Crippen MR) is 125 cm³/mol. The van der Waals surface area contributed by atoms with Gasteiger partial charge in [-0.15, -0.1) is 0 Å². The molecule has 1 aliphatic carbocycles. The minimum Gasteiger partial charge on any atom is -0.337 e. The van der Waals surface area contributed by atoms with Crippen molar-refractivity contribution in [1.29, 1.82) is 0 Å². The molecule has 0 bridgehead atoms. The van der Waals surface area contributed by atoms with E-state index in [4.69, 9.17) is 11.6 Å². The Hall–Kier alpha value is -2.44. The maximum atomic E-state index is 14.4. The molecule has 2 aromatic carbocycles. The quantitative estimate of drug-likeness (QED) is 0.448. The number of anilines is 3. The van der Waals surface area contributed by atoms with Gasteiger partial charge in [0.25, 0.3) is 5.56 Å². The van der Waals surface area contributed by atoms with Crippen molar-refractivity contribution in [2.75, 3.05) is 10.0 Å². The van der Waals surface area contributed by atoms with Crippen LogP contribution in [-0.2, 0) is 7.05 Å². The third kappa shape index (κ3) is 4.35. The van der Waals surface area contributed by atoms with Gasteiger partial charge in [-0.05, 0) is 79.6 Å². The van der Waals surface area contributed by atoms with E-state index in [0.717, 1.165) is 22.7 Å². The molecule has 4 nitrogen and oxygen atoms in total. The van der Waals surface area contributed by atoms with Crippen LogP contribution in [0.2, 0.25) is 5.02 Å². The van der Waals surface area contributed by atoms with Gasteiger partial charge >= 0.3 is 0 Å². The second kappa shape index (κ2) is 8.36. The van der Waals surface area contributed by atoms with Crippen LogP contribution in [0.15, 0.2) is 53.3 Å². The van der Waals surface area contributed by atoms with E-state index in [-0.39, 0.29) is 11.4 Å². The van der Waals surface area contributed by atoms with E-state index >= 15 is 0 Å². The maximum Gasteiger partial charge on any atom is 0.254 e. The van der Waals surface area contributed by atoms with E-state index in [1.54, 1.807) is 32.0 Å². The summed E-state index contributed by atoms with van der Waals surface area (Å²) in [7, 11) is 1.69. The first-order valence-electron chi connectivity index (χ1n) is 9.74. The lowest BCUT2D eigenvalue weighted by atomic mass is 10.1. The van der Waals surface area contributed by atoms with Crippen molar-refractivity contribution in [3.05, 3.63) is 86.4 Å². The van der Waals surface area contributed by atoms with Crippen LogP contribution in [0, 0.1) is 19.7 Å². The average molecular weight is 444 g/mol. The van der Waals surface area contributed by atoms with E-state index in [9.17, 15) is 9.18 Å². The van der Waals surface area contributed by atoms with Crippen LogP contribution in [0.5, 0.6) is 0 Å². The van der Waals surface area contributed by atoms with Crippen molar-refractivity contribution in [3.8, 4) is 0 Å². The Morgan fingerprint density at radius 2 is 1.83 bits per heavy atom. The van der Waals surface area contributed by atoms with Crippen LogP contribution < -0.4 is 15.6 Å². The molecule has 0 amide bonds. The Morgan fingerprint density at radius 3 is 2.53 bits per heavy atom. The zero-order chi connectivity index (χ0) is 21.4. The number of hydrogen-bond acceptors (Lipinski definition) is 4. The summed E-state index contributed by atoms with van der Waals surface area (Å²) in [5, 5.41) is 4.26. The van der Waals surface area contributed by atoms with E-state index < -0.39 is 0 Å². The maximum absolute atomic E-state index is 14.4. The minimum atomic E-state index is -0.355. The highest BCUT2D eigenvalue weighted by Crippen LogP contribution is 2.49. The Morgan fingerprint density at radius 1 is 1.10 bits per heavy atom. The van der Waals surface area contributed by atoms with Gasteiger partial charge in [0.1, 0.15) is 11.6 Å². The molecule has 2 unspecified atom stereocenters. The summed E-state index contributed by atoms with van der Waals surface area (Å²) in [5.74, 6) is 0.649. The summed E-state index contributed by atoms with van der Waals surface area (Å²) in [5.41, 5.74) is 3.70. The van der Waals surface area contributed by atoms with Crippen LogP contribution in [-0.4, -0.2) is 9.82 Å². The van der Waals surface area contributed by atoms with Crippen molar-refractivity contribution in [2.24, 2.45) is 7.05 Å². The van der Waals surface area contributed by atoms with Crippen molar-refractivity contribution in [2.45, 2.75) is 31.4 Å². The molecule has 1 aliphatic rings. The Balaban J connectivity index is 1.54. The Bertz CT molecular complexity index is 1150. The highest BCUT2D eigenvalue weighted by molar-refractivity contribution is 8.01.